The largest absolute Gasteiger partial charge is 0.216 e. The summed E-state index contributed by atoms with van der Waals surface area (Å²) in [5, 5.41) is 0. The molecule has 0 N–H and O–H groups in total. The van der Waals surface area contributed by atoms with E-state index in [-0.39, 0.29) is 0 Å². The molecule has 32 heavy (non-hydrogen) atoms. The Hall–Kier alpha value is -1.63. The zero-order valence-corrected chi connectivity index (χ0v) is 21.4. The predicted octanol–water partition coefficient (Wildman–Crippen LogP) is 9.67. The predicted molar refractivity (Wildman–Crippen MR) is 139 cm³/mol. The van der Waals surface area contributed by atoms with Crippen LogP contribution in [-0.2, 0) is 0 Å². The van der Waals surface area contributed by atoms with Gasteiger partial charge in [0.05, 0.1) is 6.33 Å². The van der Waals surface area contributed by atoms with Crippen molar-refractivity contribution in [1.82, 2.24) is 0 Å². The van der Waals surface area contributed by atoms with Gasteiger partial charge in [-0.3, -0.25) is 0 Å². The van der Waals surface area contributed by atoms with Crippen LogP contribution in [0.4, 0.5) is 4.39 Å². The first kappa shape index (κ1) is 25.0. The molecule has 1 aromatic rings. The second-order valence-electron chi connectivity index (χ2n) is 10.8. The van der Waals surface area contributed by atoms with Crippen molar-refractivity contribution < 1.29 is 4.39 Å². The third-order valence-electron chi connectivity index (χ3n) is 8.80. The molecule has 0 heterocycles. The van der Waals surface area contributed by atoms with Crippen LogP contribution in [0, 0.1) is 58.3 Å². The van der Waals surface area contributed by atoms with Gasteiger partial charge in [0.15, 0.2) is 0 Å². The maximum absolute atomic E-state index is 12.2. The van der Waals surface area contributed by atoms with Crippen molar-refractivity contribution >= 4 is 5.57 Å². The summed E-state index contributed by atoms with van der Waals surface area (Å²) in [4.78, 5) is 0. The van der Waals surface area contributed by atoms with Crippen LogP contribution in [-0.4, -0.2) is 0 Å². The van der Waals surface area contributed by atoms with Crippen LogP contribution in [0.25, 0.3) is 5.57 Å². The Labute approximate surface area is 197 Å². The van der Waals surface area contributed by atoms with E-state index in [1.807, 2.05) is 0 Å². The van der Waals surface area contributed by atoms with E-state index in [1.54, 1.807) is 6.08 Å². The molecule has 3 rings (SSSR count). The second kappa shape index (κ2) is 11.5. The lowest BCUT2D eigenvalue weighted by atomic mass is 9.77. The molecule has 0 radical (unpaired) electrons. The van der Waals surface area contributed by atoms with Gasteiger partial charge < -0.3 is 0 Å². The second-order valence-corrected chi connectivity index (χ2v) is 10.8. The summed E-state index contributed by atoms with van der Waals surface area (Å²) < 4.78 is 12.2. The lowest BCUT2D eigenvalue weighted by Crippen LogP contribution is -2.14. The quantitative estimate of drug-likeness (QED) is 0.389. The molecule has 0 aliphatic heterocycles. The van der Waals surface area contributed by atoms with Crippen LogP contribution >= 0.6 is 0 Å². The molecule has 2 aliphatic rings. The first-order valence-electron chi connectivity index (χ1n) is 13.0. The van der Waals surface area contributed by atoms with Gasteiger partial charge in [0, 0.05) is 0 Å². The van der Waals surface area contributed by atoms with Crippen molar-refractivity contribution in [2.75, 3.05) is 0 Å². The third kappa shape index (κ3) is 6.03. The normalized spacial score (nSPS) is 27.5. The summed E-state index contributed by atoms with van der Waals surface area (Å²) in [7, 11) is 0. The van der Waals surface area contributed by atoms with E-state index in [0.29, 0.717) is 12.2 Å². The first-order valence-corrected chi connectivity index (χ1v) is 13.0. The van der Waals surface area contributed by atoms with E-state index in [9.17, 15) is 4.39 Å². The van der Waals surface area contributed by atoms with Gasteiger partial charge >= 0.3 is 0 Å². The molecule has 1 aromatic carbocycles. The highest BCUT2D eigenvalue weighted by Crippen LogP contribution is 2.37. The Balaban J connectivity index is 1.53. The summed E-state index contributed by atoms with van der Waals surface area (Å²) in [5.41, 5.74) is 10.3. The van der Waals surface area contributed by atoms with Gasteiger partial charge in [-0.25, -0.2) is 4.39 Å². The van der Waals surface area contributed by atoms with Gasteiger partial charge in [-0.2, -0.15) is 0 Å². The fourth-order valence-electron chi connectivity index (χ4n) is 6.21. The number of rotatable bonds is 6. The minimum absolute atomic E-state index is 0.700. The molecule has 0 atom stereocenters. The topological polar surface area (TPSA) is 0 Å². The number of halogens is 1. The smallest absolute Gasteiger partial charge is 0.0827 e. The van der Waals surface area contributed by atoms with Crippen molar-refractivity contribution in [1.29, 1.82) is 0 Å². The summed E-state index contributed by atoms with van der Waals surface area (Å²) >= 11 is 0. The Morgan fingerprint density at radius 1 is 0.688 bits per heavy atom. The van der Waals surface area contributed by atoms with Crippen molar-refractivity contribution in [2.24, 2.45) is 23.7 Å². The zero-order chi connectivity index (χ0) is 23.3. The molecule has 2 aliphatic carbocycles. The van der Waals surface area contributed by atoms with Gasteiger partial charge in [-0.15, -0.1) is 0 Å². The monoisotopic (exact) mass is 436 g/mol. The maximum atomic E-state index is 12.2. The van der Waals surface area contributed by atoms with Gasteiger partial charge in [-0.1, -0.05) is 24.3 Å². The van der Waals surface area contributed by atoms with Crippen molar-refractivity contribution in [3.63, 3.8) is 0 Å². The van der Waals surface area contributed by atoms with Crippen molar-refractivity contribution in [3.8, 4) is 0 Å². The van der Waals surface area contributed by atoms with Crippen LogP contribution in [0.5, 0.6) is 0 Å². The van der Waals surface area contributed by atoms with Gasteiger partial charge in [0.1, 0.15) is 0 Å². The van der Waals surface area contributed by atoms with Gasteiger partial charge in [0.2, 0.25) is 0 Å². The minimum Gasteiger partial charge on any atom is -0.216 e. The Morgan fingerprint density at radius 2 is 1.12 bits per heavy atom. The molecule has 1 heteroatoms. The molecule has 0 unspecified atom stereocenters. The van der Waals surface area contributed by atoms with Gasteiger partial charge in [-0.05, 0) is 162 Å². The number of benzene rings is 1. The molecule has 0 aromatic heterocycles. The molecule has 176 valence electrons. The third-order valence-corrected chi connectivity index (χ3v) is 8.80. The van der Waals surface area contributed by atoms with Crippen LogP contribution in [0.1, 0.15) is 98.1 Å². The summed E-state index contributed by atoms with van der Waals surface area (Å²) in [5.74, 6) is 2.93. The Kier molecular flexibility index (Phi) is 8.97. The van der Waals surface area contributed by atoms with E-state index in [4.69, 9.17) is 0 Å². The highest BCUT2D eigenvalue weighted by molar-refractivity contribution is 5.72. The summed E-state index contributed by atoms with van der Waals surface area (Å²) in [6.45, 7) is 13.7. The molecule has 0 saturated heterocycles. The molecular weight excluding hydrogens is 391 g/mol. The molecule has 0 amide bonds. The minimum atomic E-state index is 0.700. The number of hydrogen-bond donors (Lipinski definition) is 0. The van der Waals surface area contributed by atoms with Crippen LogP contribution in [0.15, 0.2) is 30.6 Å². The fraction of sp³-hybridized carbons (Fsp3) is 0.613. The Morgan fingerprint density at radius 3 is 1.62 bits per heavy atom. The van der Waals surface area contributed by atoms with Crippen LogP contribution in [0.2, 0.25) is 0 Å². The SMILES string of the molecule is CC(=CC1CCC(C=CC2CCC(C/C=C/F)CC2)CC1)c1c(C)c(C)c(C)c(C)c1C. The Bertz CT molecular complexity index is 824. The molecule has 2 saturated carbocycles. The van der Waals surface area contributed by atoms with Crippen molar-refractivity contribution in [3.05, 3.63) is 64.0 Å². The maximum Gasteiger partial charge on any atom is 0.0827 e. The first-order chi connectivity index (χ1) is 15.3. The lowest BCUT2D eigenvalue weighted by Gasteiger charge is -2.28. The van der Waals surface area contributed by atoms with Crippen molar-refractivity contribution in [2.45, 2.75) is 99.3 Å². The highest BCUT2D eigenvalue weighted by atomic mass is 19.1. The average molecular weight is 437 g/mol. The zero-order valence-electron chi connectivity index (χ0n) is 21.4. The summed E-state index contributed by atoms with van der Waals surface area (Å²) in [6.07, 6.45) is 21.3. The molecule has 0 spiro atoms. The van der Waals surface area contributed by atoms with E-state index >= 15 is 0 Å². The molecule has 0 nitrogen and oxygen atoms in total. The fourth-order valence-corrected chi connectivity index (χ4v) is 6.21. The number of hydrogen-bond acceptors (Lipinski definition) is 0. The lowest BCUT2D eigenvalue weighted by molar-refractivity contribution is 0.308. The van der Waals surface area contributed by atoms with E-state index < -0.39 is 0 Å². The molecule has 0 bridgehead atoms. The standard InChI is InChI=1S/C31H45F/c1-21(31-25(5)23(3)22(2)24(4)26(31)6)20-30-17-15-29(16-18-30)14-13-28-11-9-27(10-12-28)8-7-19-32/h7,13-14,19-20,27-30H,8-12,15-18H2,1-6H3/b14-13?,19-7+,21-20?. The van der Waals surface area contributed by atoms with Crippen LogP contribution in [0.3, 0.4) is 0 Å². The summed E-state index contributed by atoms with van der Waals surface area (Å²) in [6, 6.07) is 0. The van der Waals surface area contributed by atoms with Crippen LogP contribution < -0.4 is 0 Å². The van der Waals surface area contributed by atoms with Gasteiger partial charge in [0.25, 0.3) is 0 Å². The number of allylic oxidation sites excluding steroid dienone is 5. The highest BCUT2D eigenvalue weighted by Gasteiger charge is 2.22. The van der Waals surface area contributed by atoms with E-state index in [1.165, 1.54) is 90.3 Å². The van der Waals surface area contributed by atoms with E-state index in [0.717, 1.165) is 24.2 Å². The molecular formula is C31H45F. The average Bonchev–Trinajstić information content (AvgIpc) is 2.80. The molecule has 2 fully saturated rings. The van der Waals surface area contributed by atoms with E-state index in [2.05, 4.69) is 59.8 Å².